The van der Waals surface area contributed by atoms with Gasteiger partial charge in [0.05, 0.1) is 5.52 Å². The number of nitrogens with zero attached hydrogens (tertiary/aromatic N) is 2. The lowest BCUT2D eigenvalue weighted by atomic mass is 10.1. The van der Waals surface area contributed by atoms with Crippen molar-refractivity contribution in [2.75, 3.05) is 5.73 Å². The molecule has 19 heavy (non-hydrogen) atoms. The maximum atomic E-state index is 13.6. The van der Waals surface area contributed by atoms with Crippen LogP contribution in [0.2, 0.25) is 0 Å². The van der Waals surface area contributed by atoms with E-state index in [-0.39, 0.29) is 12.0 Å². The molecule has 0 radical (unpaired) electrons. The van der Waals surface area contributed by atoms with Crippen LogP contribution in [-0.2, 0) is 6.42 Å². The molecule has 4 nitrogen and oxygen atoms in total. The molecule has 0 aliphatic heterocycles. The molecule has 0 aliphatic rings. The van der Waals surface area contributed by atoms with Gasteiger partial charge in [0.2, 0.25) is 0 Å². The van der Waals surface area contributed by atoms with Crippen LogP contribution >= 0.6 is 0 Å². The fourth-order valence-corrected chi connectivity index (χ4v) is 1.91. The van der Waals surface area contributed by atoms with E-state index in [0.29, 0.717) is 22.8 Å². The number of nitrogens with one attached hydrogen (secondary N) is 1. The molecule has 96 valence electrons. The fourth-order valence-electron chi connectivity index (χ4n) is 1.91. The standard InChI is InChI=1S/C13H10F2N4/c14-8-3-1-2-7(12(8)15)6-11-17-9-4-5-10(16)18-13(9)19-11/h1-5H,6H2,(H3,16,17,18,19). The second-order valence-electron chi connectivity index (χ2n) is 4.18. The highest BCUT2D eigenvalue weighted by molar-refractivity contribution is 5.72. The highest BCUT2D eigenvalue weighted by Crippen LogP contribution is 2.17. The molecule has 0 fully saturated rings. The molecule has 0 aliphatic carbocycles. The summed E-state index contributed by atoms with van der Waals surface area (Å²) >= 11 is 0. The summed E-state index contributed by atoms with van der Waals surface area (Å²) in [6, 6.07) is 7.46. The van der Waals surface area contributed by atoms with Crippen molar-refractivity contribution in [3.8, 4) is 0 Å². The van der Waals surface area contributed by atoms with Crippen LogP contribution in [0.5, 0.6) is 0 Å². The van der Waals surface area contributed by atoms with Crippen LogP contribution in [-0.4, -0.2) is 15.0 Å². The number of aromatic nitrogens is 3. The highest BCUT2D eigenvalue weighted by Gasteiger charge is 2.11. The van der Waals surface area contributed by atoms with Crippen molar-refractivity contribution in [3.63, 3.8) is 0 Å². The first kappa shape index (κ1) is 11.6. The van der Waals surface area contributed by atoms with E-state index in [1.807, 2.05) is 0 Å². The molecule has 0 saturated carbocycles. The number of aromatic amines is 1. The second-order valence-corrected chi connectivity index (χ2v) is 4.18. The molecule has 3 N–H and O–H groups in total. The van der Waals surface area contributed by atoms with Gasteiger partial charge in [0.1, 0.15) is 11.6 Å². The zero-order valence-electron chi connectivity index (χ0n) is 9.82. The van der Waals surface area contributed by atoms with Crippen molar-refractivity contribution >= 4 is 17.0 Å². The van der Waals surface area contributed by atoms with Crippen LogP contribution < -0.4 is 5.73 Å². The van der Waals surface area contributed by atoms with Crippen LogP contribution in [0.1, 0.15) is 11.4 Å². The molecule has 0 spiro atoms. The highest BCUT2D eigenvalue weighted by atomic mass is 19.2. The Balaban J connectivity index is 1.99. The number of H-pyrrole nitrogens is 1. The Labute approximate surface area is 107 Å². The number of fused-ring (bicyclic) bond motifs is 1. The molecule has 0 saturated heterocycles. The monoisotopic (exact) mass is 260 g/mol. The molecular formula is C13H10F2N4. The molecule has 1 aromatic carbocycles. The third kappa shape index (κ3) is 2.12. The summed E-state index contributed by atoms with van der Waals surface area (Å²) in [7, 11) is 0. The van der Waals surface area contributed by atoms with Gasteiger partial charge in [-0.3, -0.25) is 0 Å². The van der Waals surface area contributed by atoms with Gasteiger partial charge in [-0.25, -0.2) is 18.7 Å². The molecule has 6 heteroatoms. The van der Waals surface area contributed by atoms with Gasteiger partial charge in [-0.15, -0.1) is 0 Å². The van der Waals surface area contributed by atoms with Crippen LogP contribution in [0.15, 0.2) is 30.3 Å². The lowest BCUT2D eigenvalue weighted by molar-refractivity contribution is 0.500. The zero-order valence-corrected chi connectivity index (χ0v) is 9.82. The minimum Gasteiger partial charge on any atom is -0.384 e. The van der Waals surface area contributed by atoms with Gasteiger partial charge >= 0.3 is 0 Å². The number of nitrogen functional groups attached to an aromatic ring is 1. The van der Waals surface area contributed by atoms with Crippen LogP contribution in [0.4, 0.5) is 14.6 Å². The Kier molecular flexibility index (Phi) is 2.63. The molecule has 3 aromatic rings. The number of hydrogen-bond donors (Lipinski definition) is 2. The van der Waals surface area contributed by atoms with E-state index < -0.39 is 11.6 Å². The topological polar surface area (TPSA) is 67.6 Å². The van der Waals surface area contributed by atoms with Crippen molar-refractivity contribution in [2.45, 2.75) is 6.42 Å². The number of imidazole rings is 1. The second kappa shape index (κ2) is 4.31. The van der Waals surface area contributed by atoms with Gasteiger partial charge in [0.15, 0.2) is 17.3 Å². The van der Waals surface area contributed by atoms with E-state index >= 15 is 0 Å². The SMILES string of the molecule is Nc1ccc2[nH]c(Cc3cccc(F)c3F)nc2n1. The van der Waals surface area contributed by atoms with E-state index in [2.05, 4.69) is 15.0 Å². The normalized spacial score (nSPS) is 11.1. The Morgan fingerprint density at radius 1 is 1.11 bits per heavy atom. The summed E-state index contributed by atoms with van der Waals surface area (Å²) in [6.45, 7) is 0. The van der Waals surface area contributed by atoms with Gasteiger partial charge in [0.25, 0.3) is 0 Å². The van der Waals surface area contributed by atoms with Gasteiger partial charge < -0.3 is 10.7 Å². The summed E-state index contributed by atoms with van der Waals surface area (Å²) < 4.78 is 26.7. The third-order valence-electron chi connectivity index (χ3n) is 2.81. The third-order valence-corrected chi connectivity index (χ3v) is 2.81. The summed E-state index contributed by atoms with van der Waals surface area (Å²) in [6.07, 6.45) is 0.167. The Bertz CT molecular complexity index is 751. The predicted molar refractivity (Wildman–Crippen MR) is 67.5 cm³/mol. The first-order valence-corrected chi connectivity index (χ1v) is 5.67. The molecule has 0 atom stereocenters. The molecule has 2 aromatic heterocycles. The number of benzene rings is 1. The number of nitrogens with two attached hydrogens (primary N) is 1. The zero-order chi connectivity index (χ0) is 13.4. The van der Waals surface area contributed by atoms with Gasteiger partial charge in [0, 0.05) is 6.42 Å². The number of hydrogen-bond acceptors (Lipinski definition) is 3. The lowest BCUT2D eigenvalue weighted by Gasteiger charge is -2.00. The summed E-state index contributed by atoms with van der Waals surface area (Å²) in [4.78, 5) is 11.2. The van der Waals surface area contributed by atoms with Gasteiger partial charge in [-0.1, -0.05) is 12.1 Å². The number of halogens is 2. The Hall–Kier alpha value is -2.50. The van der Waals surface area contributed by atoms with Gasteiger partial charge in [-0.05, 0) is 23.8 Å². The summed E-state index contributed by atoms with van der Waals surface area (Å²) in [5, 5.41) is 0. The molecule has 3 rings (SSSR count). The maximum absolute atomic E-state index is 13.6. The Morgan fingerprint density at radius 2 is 1.95 bits per heavy atom. The molecule has 0 bridgehead atoms. The molecule has 0 unspecified atom stereocenters. The average Bonchev–Trinajstić information content (AvgIpc) is 2.76. The summed E-state index contributed by atoms with van der Waals surface area (Å²) in [5.41, 5.74) is 6.97. The summed E-state index contributed by atoms with van der Waals surface area (Å²) in [5.74, 6) is -0.841. The minimum absolute atomic E-state index is 0.167. The van der Waals surface area contributed by atoms with E-state index in [1.165, 1.54) is 12.1 Å². The predicted octanol–water partition coefficient (Wildman–Crippen LogP) is 2.41. The van der Waals surface area contributed by atoms with E-state index in [4.69, 9.17) is 5.73 Å². The molecule has 0 amide bonds. The van der Waals surface area contributed by atoms with Crippen molar-refractivity contribution in [2.24, 2.45) is 0 Å². The van der Waals surface area contributed by atoms with E-state index in [0.717, 1.165) is 6.07 Å². The first-order chi connectivity index (χ1) is 9.13. The largest absolute Gasteiger partial charge is 0.384 e. The average molecular weight is 260 g/mol. The Morgan fingerprint density at radius 3 is 2.79 bits per heavy atom. The fraction of sp³-hybridized carbons (Fsp3) is 0.0769. The van der Waals surface area contributed by atoms with Crippen LogP contribution in [0.3, 0.4) is 0 Å². The van der Waals surface area contributed by atoms with Crippen LogP contribution in [0.25, 0.3) is 11.2 Å². The minimum atomic E-state index is -0.865. The van der Waals surface area contributed by atoms with Crippen molar-refractivity contribution < 1.29 is 8.78 Å². The van der Waals surface area contributed by atoms with E-state index in [9.17, 15) is 8.78 Å². The van der Waals surface area contributed by atoms with E-state index in [1.54, 1.807) is 12.1 Å². The number of anilines is 1. The lowest BCUT2D eigenvalue weighted by Crippen LogP contribution is -1.97. The number of pyridine rings is 1. The molecule has 2 heterocycles. The maximum Gasteiger partial charge on any atom is 0.179 e. The quantitative estimate of drug-likeness (QED) is 0.743. The smallest absolute Gasteiger partial charge is 0.179 e. The van der Waals surface area contributed by atoms with Crippen molar-refractivity contribution in [1.29, 1.82) is 0 Å². The first-order valence-electron chi connectivity index (χ1n) is 5.67. The van der Waals surface area contributed by atoms with Gasteiger partial charge in [-0.2, -0.15) is 0 Å². The molecular weight excluding hydrogens is 250 g/mol. The van der Waals surface area contributed by atoms with Crippen molar-refractivity contribution in [3.05, 3.63) is 53.4 Å². The van der Waals surface area contributed by atoms with Crippen LogP contribution in [0, 0.1) is 11.6 Å². The number of rotatable bonds is 2. The van der Waals surface area contributed by atoms with Crippen molar-refractivity contribution in [1.82, 2.24) is 15.0 Å².